The van der Waals surface area contributed by atoms with E-state index in [4.69, 9.17) is 16.3 Å². The summed E-state index contributed by atoms with van der Waals surface area (Å²) < 4.78 is 21.6. The number of amides is 1. The molecule has 1 unspecified atom stereocenters. The van der Waals surface area contributed by atoms with Crippen LogP contribution in [0.25, 0.3) is 10.9 Å². The van der Waals surface area contributed by atoms with Gasteiger partial charge in [-0.1, -0.05) is 17.7 Å². The van der Waals surface area contributed by atoms with Gasteiger partial charge in [0.2, 0.25) is 0 Å². The highest BCUT2D eigenvalue weighted by Gasteiger charge is 2.41. The number of halogens is 2. The number of benzene rings is 1. The van der Waals surface area contributed by atoms with Crippen LogP contribution < -0.4 is 5.32 Å². The lowest BCUT2D eigenvalue weighted by Gasteiger charge is -2.38. The largest absolute Gasteiger partial charge is 0.388 e. The van der Waals surface area contributed by atoms with Gasteiger partial charge in [-0.3, -0.25) is 4.79 Å². The van der Waals surface area contributed by atoms with Gasteiger partial charge in [0.15, 0.2) is 0 Å². The molecule has 1 aliphatic carbocycles. The zero-order chi connectivity index (χ0) is 19.2. The van der Waals surface area contributed by atoms with Crippen molar-refractivity contribution in [1.82, 2.24) is 9.88 Å². The Hall–Kier alpha value is -1.63. The molecule has 2 fully saturated rings. The van der Waals surface area contributed by atoms with Gasteiger partial charge in [0, 0.05) is 24.5 Å². The number of hydrogen-bond acceptors (Lipinski definition) is 3. The van der Waals surface area contributed by atoms with E-state index in [9.17, 15) is 14.3 Å². The summed E-state index contributed by atoms with van der Waals surface area (Å²) in [5, 5.41) is 14.7. The van der Waals surface area contributed by atoms with E-state index in [2.05, 4.69) is 5.32 Å². The van der Waals surface area contributed by atoms with Gasteiger partial charge in [0.1, 0.15) is 5.67 Å². The monoisotopic (exact) mass is 394 g/mol. The SMILES string of the molecule is CC1(F)CCC[C@](O)(CNC(=O)c2cn(C3COC3)c3cccc(Cl)c23)C1. The van der Waals surface area contributed by atoms with Crippen LogP contribution in [0.2, 0.25) is 5.02 Å². The first kappa shape index (κ1) is 18.7. The number of carbonyl (C=O) groups excluding carboxylic acids is 1. The summed E-state index contributed by atoms with van der Waals surface area (Å²) in [6.45, 7) is 2.74. The van der Waals surface area contributed by atoms with Gasteiger partial charge < -0.3 is 19.7 Å². The highest BCUT2D eigenvalue weighted by Crippen LogP contribution is 2.38. The molecule has 4 rings (SSSR count). The first-order chi connectivity index (χ1) is 12.8. The fourth-order valence-corrected chi connectivity index (χ4v) is 4.54. The van der Waals surface area contributed by atoms with E-state index in [-0.39, 0.29) is 24.9 Å². The molecule has 5 nitrogen and oxygen atoms in total. The maximum Gasteiger partial charge on any atom is 0.253 e. The first-order valence-electron chi connectivity index (χ1n) is 9.34. The van der Waals surface area contributed by atoms with Gasteiger partial charge in [0.05, 0.1) is 41.0 Å². The molecule has 0 bridgehead atoms. The van der Waals surface area contributed by atoms with Crippen molar-refractivity contribution in [3.8, 4) is 0 Å². The molecule has 2 N–H and O–H groups in total. The topological polar surface area (TPSA) is 63.5 Å². The Morgan fingerprint density at radius 2 is 2.22 bits per heavy atom. The number of alkyl halides is 1. The predicted octanol–water partition coefficient (Wildman–Crippen LogP) is 3.63. The lowest BCUT2D eigenvalue weighted by molar-refractivity contribution is -0.0533. The molecule has 1 aromatic carbocycles. The molecule has 7 heteroatoms. The van der Waals surface area contributed by atoms with Crippen LogP contribution in [-0.2, 0) is 4.74 Å². The average molecular weight is 395 g/mol. The second kappa shape index (κ2) is 6.76. The summed E-state index contributed by atoms with van der Waals surface area (Å²) in [4.78, 5) is 12.9. The van der Waals surface area contributed by atoms with Gasteiger partial charge in [-0.05, 0) is 38.3 Å². The van der Waals surface area contributed by atoms with Crippen LogP contribution in [-0.4, -0.2) is 46.6 Å². The van der Waals surface area contributed by atoms with Crippen molar-refractivity contribution in [2.24, 2.45) is 0 Å². The molecular formula is C20H24ClFN2O3. The second-order valence-corrected chi connectivity index (χ2v) is 8.53. The van der Waals surface area contributed by atoms with Crippen LogP contribution in [0.4, 0.5) is 4.39 Å². The molecule has 1 aromatic heterocycles. The number of hydrogen-bond donors (Lipinski definition) is 2. The minimum Gasteiger partial charge on any atom is -0.388 e. The molecule has 2 aromatic rings. The molecule has 0 spiro atoms. The maximum absolute atomic E-state index is 14.3. The smallest absolute Gasteiger partial charge is 0.253 e. The molecule has 1 amide bonds. The van der Waals surface area contributed by atoms with Gasteiger partial charge in [0.25, 0.3) is 5.91 Å². The molecule has 146 valence electrons. The summed E-state index contributed by atoms with van der Waals surface area (Å²) in [6, 6.07) is 5.72. The molecule has 2 heterocycles. The van der Waals surface area contributed by atoms with Crippen LogP contribution in [0.15, 0.2) is 24.4 Å². The van der Waals surface area contributed by atoms with Crippen molar-refractivity contribution >= 4 is 28.4 Å². The number of aliphatic hydroxyl groups is 1. The Morgan fingerprint density at radius 1 is 1.44 bits per heavy atom. The third kappa shape index (κ3) is 3.58. The van der Waals surface area contributed by atoms with Crippen LogP contribution >= 0.6 is 11.6 Å². The van der Waals surface area contributed by atoms with Gasteiger partial charge in [-0.25, -0.2) is 4.39 Å². The van der Waals surface area contributed by atoms with Gasteiger partial charge in [-0.15, -0.1) is 0 Å². The number of fused-ring (bicyclic) bond motifs is 1. The zero-order valence-corrected chi connectivity index (χ0v) is 16.1. The molecule has 1 saturated carbocycles. The second-order valence-electron chi connectivity index (χ2n) is 8.13. The van der Waals surface area contributed by atoms with Gasteiger partial charge in [-0.2, -0.15) is 0 Å². The Morgan fingerprint density at radius 3 is 2.89 bits per heavy atom. The number of ether oxygens (including phenoxy) is 1. The van der Waals surface area contributed by atoms with Crippen molar-refractivity contribution in [3.63, 3.8) is 0 Å². The van der Waals surface area contributed by atoms with Crippen LogP contribution in [0.3, 0.4) is 0 Å². The normalized spacial score (nSPS) is 28.9. The van der Waals surface area contributed by atoms with Crippen molar-refractivity contribution in [2.45, 2.75) is 49.9 Å². The van der Waals surface area contributed by atoms with E-state index in [1.54, 1.807) is 12.3 Å². The van der Waals surface area contributed by atoms with Crippen LogP contribution in [0.1, 0.15) is 49.0 Å². The standard InChI is InChI=1S/C20H24ClFN2O3/c1-19(22)6-3-7-20(26,11-19)12-23-18(25)14-8-24(13-9-27-10-13)16-5-2-4-15(21)17(14)16/h2,4-5,8,13,26H,3,6-7,9-12H2,1H3,(H,23,25)/t19?,20-/m1/s1. The lowest BCUT2D eigenvalue weighted by atomic mass is 9.77. The van der Waals surface area contributed by atoms with E-state index in [1.807, 2.05) is 16.7 Å². The summed E-state index contributed by atoms with van der Waals surface area (Å²) >= 11 is 6.38. The molecule has 1 saturated heterocycles. The third-order valence-corrected chi connectivity index (χ3v) is 6.00. The van der Waals surface area contributed by atoms with Crippen molar-refractivity contribution in [2.75, 3.05) is 19.8 Å². The molecule has 27 heavy (non-hydrogen) atoms. The van der Waals surface area contributed by atoms with E-state index < -0.39 is 11.3 Å². The van der Waals surface area contributed by atoms with Crippen molar-refractivity contribution < 1.29 is 19.0 Å². The summed E-state index contributed by atoms with van der Waals surface area (Å²) in [5.74, 6) is -0.313. The highest BCUT2D eigenvalue weighted by atomic mass is 35.5. The Bertz CT molecular complexity index is 877. The minimum atomic E-state index is -1.40. The van der Waals surface area contributed by atoms with Crippen molar-refractivity contribution in [3.05, 3.63) is 35.0 Å². The quantitative estimate of drug-likeness (QED) is 0.832. The van der Waals surface area contributed by atoms with E-state index in [0.717, 1.165) is 5.52 Å². The molecule has 0 radical (unpaired) electrons. The molecule has 1 aliphatic heterocycles. The number of nitrogens with zero attached hydrogens (tertiary/aromatic N) is 1. The fraction of sp³-hybridized carbons (Fsp3) is 0.550. The van der Waals surface area contributed by atoms with Crippen LogP contribution in [0, 0.1) is 0 Å². The maximum atomic E-state index is 14.3. The van der Waals surface area contributed by atoms with Crippen molar-refractivity contribution in [1.29, 1.82) is 0 Å². The Kier molecular flexibility index (Phi) is 4.69. The fourth-order valence-electron chi connectivity index (χ4n) is 4.27. The first-order valence-corrected chi connectivity index (χ1v) is 9.72. The Labute approximate surface area is 162 Å². The molecule has 2 aliphatic rings. The molecule has 2 atom stereocenters. The number of rotatable bonds is 4. The highest BCUT2D eigenvalue weighted by molar-refractivity contribution is 6.36. The number of aromatic nitrogens is 1. The number of carbonyl (C=O) groups is 1. The summed E-state index contributed by atoms with van der Waals surface area (Å²) in [6.07, 6.45) is 3.35. The van der Waals surface area contributed by atoms with Gasteiger partial charge >= 0.3 is 0 Å². The zero-order valence-electron chi connectivity index (χ0n) is 15.3. The minimum absolute atomic E-state index is 0.0228. The van der Waals surface area contributed by atoms with Crippen LogP contribution in [0.5, 0.6) is 0 Å². The third-order valence-electron chi connectivity index (χ3n) is 5.68. The Balaban J connectivity index is 1.58. The summed E-state index contributed by atoms with van der Waals surface area (Å²) in [7, 11) is 0. The number of nitrogens with one attached hydrogen (secondary N) is 1. The van der Waals surface area contributed by atoms with E-state index >= 15 is 0 Å². The predicted molar refractivity (Wildman–Crippen MR) is 102 cm³/mol. The molecular weight excluding hydrogens is 371 g/mol. The summed E-state index contributed by atoms with van der Waals surface area (Å²) in [5.41, 5.74) is -1.28. The van der Waals surface area contributed by atoms with E-state index in [1.165, 1.54) is 6.92 Å². The lowest BCUT2D eigenvalue weighted by Crippen LogP contribution is -2.49. The van der Waals surface area contributed by atoms with E-state index in [0.29, 0.717) is 48.4 Å². The average Bonchev–Trinajstić information content (AvgIpc) is 2.91.